The molecule has 9 nitrogen and oxygen atoms in total. The van der Waals surface area contributed by atoms with Gasteiger partial charge in [0.05, 0.1) is 23.7 Å². The first kappa shape index (κ1) is 24.0. The second-order valence-electron chi connectivity index (χ2n) is 7.00. The quantitative estimate of drug-likeness (QED) is 0.129. The molecular weight excluding hydrogens is 539 g/mol. The zero-order valence-corrected chi connectivity index (χ0v) is 21.1. The number of benzene rings is 1. The highest BCUT2D eigenvalue weighted by atomic mass is 127. The molecule has 1 unspecified atom stereocenters. The van der Waals surface area contributed by atoms with E-state index in [1.54, 1.807) is 23.9 Å². The fourth-order valence-corrected chi connectivity index (χ4v) is 4.04. The summed E-state index contributed by atoms with van der Waals surface area (Å²) in [6, 6.07) is 8.12. The van der Waals surface area contributed by atoms with Crippen molar-refractivity contribution in [1.29, 1.82) is 0 Å². The number of allylic oxidation sites excluding steroid dienone is 1. The monoisotopic (exact) mass is 564 g/mol. The van der Waals surface area contributed by atoms with Crippen LogP contribution in [0, 0.1) is 10.5 Å². The minimum Gasteiger partial charge on any atom is -0.378 e. The number of hydrogen-bond donors (Lipinski definition) is 2. The zero-order valence-electron chi connectivity index (χ0n) is 18.1. The van der Waals surface area contributed by atoms with Crippen LogP contribution in [0.3, 0.4) is 0 Å². The van der Waals surface area contributed by atoms with Crippen molar-refractivity contribution in [2.45, 2.75) is 37.3 Å². The van der Waals surface area contributed by atoms with Crippen molar-refractivity contribution in [3.8, 4) is 0 Å². The Balaban J connectivity index is 1.61. The molecule has 1 amide bonds. The normalized spacial score (nSPS) is 12.1. The summed E-state index contributed by atoms with van der Waals surface area (Å²) in [5, 5.41) is 20.5. The van der Waals surface area contributed by atoms with Crippen LogP contribution in [0.2, 0.25) is 0 Å². The SMILES string of the molecule is C=CCn1c(CNc2ccc(I)cc2)nnc1SC(C)C(=O)N/N=C/c1cn(C)nc1C. The van der Waals surface area contributed by atoms with E-state index in [1.165, 1.54) is 15.3 Å². The molecule has 3 rings (SSSR count). The van der Waals surface area contributed by atoms with E-state index in [0.29, 0.717) is 18.2 Å². The third-order valence-corrected chi connectivity index (χ3v) is 6.28. The lowest BCUT2D eigenvalue weighted by Crippen LogP contribution is -2.27. The van der Waals surface area contributed by atoms with Gasteiger partial charge < -0.3 is 9.88 Å². The number of halogens is 1. The van der Waals surface area contributed by atoms with Crippen LogP contribution in [0.5, 0.6) is 0 Å². The number of hydrazone groups is 1. The molecule has 0 spiro atoms. The first-order chi connectivity index (χ1) is 15.4. The molecule has 11 heteroatoms. The summed E-state index contributed by atoms with van der Waals surface area (Å²) in [6.07, 6.45) is 5.21. The van der Waals surface area contributed by atoms with Crippen molar-refractivity contribution in [3.63, 3.8) is 0 Å². The Morgan fingerprint density at radius 2 is 2.09 bits per heavy atom. The van der Waals surface area contributed by atoms with Gasteiger partial charge >= 0.3 is 0 Å². The van der Waals surface area contributed by atoms with E-state index in [0.717, 1.165) is 22.8 Å². The van der Waals surface area contributed by atoms with Gasteiger partial charge in [0.15, 0.2) is 11.0 Å². The molecule has 0 bridgehead atoms. The lowest BCUT2D eigenvalue weighted by atomic mass is 10.3. The second-order valence-corrected chi connectivity index (χ2v) is 9.55. The second kappa shape index (κ2) is 11.3. The van der Waals surface area contributed by atoms with Crippen LogP contribution in [0.25, 0.3) is 0 Å². The average Bonchev–Trinajstić information content (AvgIpc) is 3.29. The van der Waals surface area contributed by atoms with E-state index in [1.807, 2.05) is 49.0 Å². The van der Waals surface area contributed by atoms with Crippen LogP contribution >= 0.6 is 34.4 Å². The van der Waals surface area contributed by atoms with Gasteiger partial charge in [0.1, 0.15) is 0 Å². The van der Waals surface area contributed by atoms with Gasteiger partial charge in [0.25, 0.3) is 5.91 Å². The number of hydrogen-bond acceptors (Lipinski definition) is 7. The minimum absolute atomic E-state index is 0.223. The van der Waals surface area contributed by atoms with Gasteiger partial charge in [-0.15, -0.1) is 16.8 Å². The summed E-state index contributed by atoms with van der Waals surface area (Å²) in [5.74, 6) is 0.545. The van der Waals surface area contributed by atoms with Crippen LogP contribution in [0.15, 0.2) is 53.4 Å². The Morgan fingerprint density at radius 1 is 1.34 bits per heavy atom. The molecular formula is C21H25IN8OS. The third kappa shape index (κ3) is 6.42. The van der Waals surface area contributed by atoms with Crippen molar-refractivity contribution in [2.24, 2.45) is 12.1 Å². The summed E-state index contributed by atoms with van der Waals surface area (Å²) >= 11 is 3.60. The van der Waals surface area contributed by atoms with Crippen molar-refractivity contribution < 1.29 is 4.79 Å². The first-order valence-electron chi connectivity index (χ1n) is 9.89. The summed E-state index contributed by atoms with van der Waals surface area (Å²) in [5.41, 5.74) is 5.28. The Labute approximate surface area is 204 Å². The smallest absolute Gasteiger partial charge is 0.253 e. The number of carbonyl (C=O) groups excluding carboxylic acids is 1. The number of rotatable bonds is 10. The lowest BCUT2D eigenvalue weighted by Gasteiger charge is -2.12. The molecule has 0 saturated heterocycles. The largest absolute Gasteiger partial charge is 0.378 e. The van der Waals surface area contributed by atoms with Gasteiger partial charge in [0, 0.05) is 34.6 Å². The standard InChI is InChI=1S/C21H25IN8OS/c1-5-10-30-19(12-23-18-8-6-17(22)7-9-18)25-27-21(30)32-15(3)20(31)26-24-11-16-13-29(4)28-14(16)2/h5-9,11,13,15,23H,1,10,12H2,2-4H3,(H,26,31)/b24-11+. The highest BCUT2D eigenvalue weighted by Gasteiger charge is 2.19. The van der Waals surface area contributed by atoms with Crippen molar-refractivity contribution in [1.82, 2.24) is 30.0 Å². The maximum Gasteiger partial charge on any atom is 0.253 e. The predicted molar refractivity (Wildman–Crippen MR) is 136 cm³/mol. The topological polar surface area (TPSA) is 102 Å². The molecule has 32 heavy (non-hydrogen) atoms. The van der Waals surface area contributed by atoms with Crippen LogP contribution in [0.4, 0.5) is 5.69 Å². The highest BCUT2D eigenvalue weighted by molar-refractivity contribution is 14.1. The Bertz CT molecular complexity index is 1110. The number of carbonyl (C=O) groups is 1. The van der Waals surface area contributed by atoms with E-state index in [2.05, 4.69) is 60.3 Å². The molecule has 1 atom stereocenters. The molecule has 2 N–H and O–H groups in total. The van der Waals surface area contributed by atoms with Crippen molar-refractivity contribution >= 4 is 52.2 Å². The maximum atomic E-state index is 12.5. The Hall–Kier alpha value is -2.67. The molecule has 0 aliphatic heterocycles. The molecule has 0 aliphatic carbocycles. The van der Waals surface area contributed by atoms with E-state index in [4.69, 9.17) is 0 Å². The molecule has 3 aromatic rings. The number of nitrogens with one attached hydrogen (secondary N) is 2. The molecule has 0 radical (unpaired) electrons. The molecule has 0 fully saturated rings. The predicted octanol–water partition coefficient (Wildman–Crippen LogP) is 3.35. The van der Waals surface area contributed by atoms with Crippen LogP contribution in [-0.4, -0.2) is 41.9 Å². The molecule has 0 saturated carbocycles. The van der Waals surface area contributed by atoms with Crippen LogP contribution in [-0.2, 0) is 24.9 Å². The average molecular weight is 564 g/mol. The Kier molecular flexibility index (Phi) is 8.45. The number of aryl methyl sites for hydroxylation is 2. The van der Waals surface area contributed by atoms with E-state index < -0.39 is 5.25 Å². The molecule has 2 heterocycles. The van der Waals surface area contributed by atoms with Gasteiger partial charge in [-0.1, -0.05) is 17.8 Å². The van der Waals surface area contributed by atoms with Crippen LogP contribution in [0.1, 0.15) is 24.0 Å². The van der Waals surface area contributed by atoms with Gasteiger partial charge in [-0.3, -0.25) is 9.48 Å². The zero-order chi connectivity index (χ0) is 23.1. The maximum absolute atomic E-state index is 12.5. The number of thioether (sulfide) groups is 1. The highest BCUT2D eigenvalue weighted by Crippen LogP contribution is 2.23. The number of amides is 1. The summed E-state index contributed by atoms with van der Waals surface area (Å²) < 4.78 is 4.83. The molecule has 2 aromatic heterocycles. The molecule has 168 valence electrons. The van der Waals surface area contributed by atoms with Gasteiger partial charge in [-0.25, -0.2) is 5.43 Å². The third-order valence-electron chi connectivity index (χ3n) is 4.48. The number of aromatic nitrogens is 5. The van der Waals surface area contributed by atoms with Crippen LogP contribution < -0.4 is 10.7 Å². The van der Waals surface area contributed by atoms with Crippen molar-refractivity contribution in [2.75, 3.05) is 5.32 Å². The number of nitrogens with zero attached hydrogens (tertiary/aromatic N) is 6. The summed E-state index contributed by atoms with van der Waals surface area (Å²) in [4.78, 5) is 12.5. The molecule has 0 aliphatic rings. The lowest BCUT2D eigenvalue weighted by molar-refractivity contribution is -0.120. The fourth-order valence-electron chi connectivity index (χ4n) is 2.81. The van der Waals surface area contributed by atoms with Crippen molar-refractivity contribution in [3.05, 3.63) is 63.8 Å². The van der Waals surface area contributed by atoms with E-state index in [9.17, 15) is 4.79 Å². The molecule has 1 aromatic carbocycles. The minimum atomic E-state index is -0.410. The van der Waals surface area contributed by atoms with E-state index >= 15 is 0 Å². The summed E-state index contributed by atoms with van der Waals surface area (Å²) in [6.45, 7) is 8.58. The summed E-state index contributed by atoms with van der Waals surface area (Å²) in [7, 11) is 1.84. The van der Waals surface area contributed by atoms with Gasteiger partial charge in [-0.2, -0.15) is 10.2 Å². The van der Waals surface area contributed by atoms with E-state index in [-0.39, 0.29) is 5.91 Å². The fraction of sp³-hybridized carbons (Fsp3) is 0.286. The van der Waals surface area contributed by atoms with Gasteiger partial charge in [0.2, 0.25) is 0 Å². The number of anilines is 1. The van der Waals surface area contributed by atoms with Gasteiger partial charge in [-0.05, 0) is 60.7 Å². The first-order valence-corrected chi connectivity index (χ1v) is 11.9. The Morgan fingerprint density at radius 3 is 2.75 bits per heavy atom.